The van der Waals surface area contributed by atoms with Gasteiger partial charge in [-0.1, -0.05) is 18.2 Å². The lowest BCUT2D eigenvalue weighted by Crippen LogP contribution is -2.53. The van der Waals surface area contributed by atoms with Crippen molar-refractivity contribution in [2.45, 2.75) is 18.4 Å². The lowest BCUT2D eigenvalue weighted by molar-refractivity contribution is -0.143. The monoisotopic (exact) mass is 390 g/mol. The predicted molar refractivity (Wildman–Crippen MR) is 108 cm³/mol. The van der Waals surface area contributed by atoms with Gasteiger partial charge in [-0.3, -0.25) is 9.59 Å². The van der Waals surface area contributed by atoms with Crippen molar-refractivity contribution >= 4 is 22.7 Å². The van der Waals surface area contributed by atoms with Gasteiger partial charge in [-0.05, 0) is 43.2 Å². The summed E-state index contributed by atoms with van der Waals surface area (Å²) in [7, 11) is 0. The molecule has 1 aromatic heterocycles. The summed E-state index contributed by atoms with van der Waals surface area (Å²) >= 11 is 0. The Balaban J connectivity index is 1.27. The van der Waals surface area contributed by atoms with E-state index >= 15 is 0 Å². The second kappa shape index (κ2) is 6.70. The molecule has 0 spiro atoms. The number of hydrogen-bond donors (Lipinski definition) is 1. The number of piperazine rings is 1. The molecule has 0 radical (unpaired) electrons. The molecule has 7 nitrogen and oxygen atoms in total. The van der Waals surface area contributed by atoms with E-state index in [1.807, 2.05) is 59.4 Å². The first-order valence-corrected chi connectivity index (χ1v) is 9.89. The van der Waals surface area contributed by atoms with Crippen molar-refractivity contribution < 1.29 is 14.7 Å². The number of para-hydroxylation sites is 1. The van der Waals surface area contributed by atoms with Crippen molar-refractivity contribution in [3.63, 3.8) is 0 Å². The van der Waals surface area contributed by atoms with E-state index in [0.717, 1.165) is 16.6 Å². The maximum atomic E-state index is 12.8. The molecule has 1 saturated heterocycles. The molecule has 2 aliphatic rings. The Morgan fingerprint density at radius 1 is 0.897 bits per heavy atom. The summed E-state index contributed by atoms with van der Waals surface area (Å²) in [5.41, 5.74) is 1.39. The molecule has 7 heteroatoms. The molecular formula is C22H22N4O3. The van der Waals surface area contributed by atoms with Gasteiger partial charge in [0.05, 0.1) is 17.4 Å². The first-order valence-electron chi connectivity index (χ1n) is 9.89. The van der Waals surface area contributed by atoms with E-state index in [9.17, 15) is 14.7 Å². The van der Waals surface area contributed by atoms with E-state index < -0.39 is 5.60 Å². The van der Waals surface area contributed by atoms with Gasteiger partial charge in [-0.25, -0.2) is 4.68 Å². The van der Waals surface area contributed by atoms with Gasteiger partial charge in [0.15, 0.2) is 0 Å². The fraction of sp³-hybridized carbons (Fsp3) is 0.318. The van der Waals surface area contributed by atoms with Gasteiger partial charge >= 0.3 is 0 Å². The average molecular weight is 390 g/mol. The molecule has 29 heavy (non-hydrogen) atoms. The molecule has 1 N–H and O–H groups in total. The molecule has 0 atom stereocenters. The normalized spacial score (nSPS) is 18.1. The number of carbonyl (C=O) groups is 2. The maximum absolute atomic E-state index is 12.8. The fourth-order valence-electron chi connectivity index (χ4n) is 3.84. The van der Waals surface area contributed by atoms with Gasteiger partial charge in [0.1, 0.15) is 5.60 Å². The molecule has 2 amide bonds. The van der Waals surface area contributed by atoms with Crippen LogP contribution in [0.3, 0.4) is 0 Å². The van der Waals surface area contributed by atoms with Gasteiger partial charge in [0.25, 0.3) is 11.8 Å². The zero-order chi connectivity index (χ0) is 20.0. The first kappa shape index (κ1) is 17.9. The SMILES string of the molecule is O=C(c1ccc(-n2ncc3ccccc32)cc1)N1CCN(C(=O)C2(O)CC2)CC1. The van der Waals surface area contributed by atoms with Crippen LogP contribution in [0, 0.1) is 0 Å². The maximum Gasteiger partial charge on any atom is 0.254 e. The lowest BCUT2D eigenvalue weighted by Gasteiger charge is -2.35. The highest BCUT2D eigenvalue weighted by atomic mass is 16.3. The molecule has 1 aliphatic carbocycles. The van der Waals surface area contributed by atoms with E-state index in [0.29, 0.717) is 44.6 Å². The summed E-state index contributed by atoms with van der Waals surface area (Å²) in [5, 5.41) is 15.5. The number of benzene rings is 2. The largest absolute Gasteiger partial charge is 0.380 e. The highest BCUT2D eigenvalue weighted by Gasteiger charge is 2.50. The summed E-state index contributed by atoms with van der Waals surface area (Å²) in [6.07, 6.45) is 2.92. The summed E-state index contributed by atoms with van der Waals surface area (Å²) in [6, 6.07) is 15.4. The number of carbonyl (C=O) groups excluding carboxylic acids is 2. The molecule has 3 aromatic rings. The van der Waals surface area contributed by atoms with Gasteiger partial charge in [0, 0.05) is 37.1 Å². The van der Waals surface area contributed by atoms with Crippen LogP contribution >= 0.6 is 0 Å². The van der Waals surface area contributed by atoms with Crippen LogP contribution in [0.5, 0.6) is 0 Å². The van der Waals surface area contributed by atoms with Crippen LogP contribution in [-0.4, -0.2) is 68.3 Å². The number of amides is 2. The Morgan fingerprint density at radius 2 is 1.55 bits per heavy atom. The number of nitrogens with zero attached hydrogens (tertiary/aromatic N) is 4. The van der Waals surface area contributed by atoms with E-state index in [-0.39, 0.29) is 11.8 Å². The lowest BCUT2D eigenvalue weighted by atomic mass is 10.1. The number of fused-ring (bicyclic) bond motifs is 1. The third kappa shape index (κ3) is 3.17. The van der Waals surface area contributed by atoms with Crippen molar-refractivity contribution in [2.24, 2.45) is 0 Å². The molecule has 5 rings (SSSR count). The quantitative estimate of drug-likeness (QED) is 0.740. The Morgan fingerprint density at radius 3 is 2.24 bits per heavy atom. The molecular weight excluding hydrogens is 368 g/mol. The minimum absolute atomic E-state index is 0.0425. The van der Waals surface area contributed by atoms with Gasteiger partial charge in [0.2, 0.25) is 0 Å². The van der Waals surface area contributed by atoms with Crippen LogP contribution in [0.15, 0.2) is 54.7 Å². The Hall–Kier alpha value is -3.19. The zero-order valence-corrected chi connectivity index (χ0v) is 16.0. The summed E-state index contributed by atoms with van der Waals surface area (Å²) < 4.78 is 1.86. The molecule has 148 valence electrons. The molecule has 2 heterocycles. The third-order valence-electron chi connectivity index (χ3n) is 5.81. The molecule has 1 aliphatic heterocycles. The van der Waals surface area contributed by atoms with Crippen molar-refractivity contribution in [1.82, 2.24) is 19.6 Å². The average Bonchev–Trinajstić information content (AvgIpc) is 3.38. The third-order valence-corrected chi connectivity index (χ3v) is 5.81. The molecule has 0 unspecified atom stereocenters. The Bertz CT molecular complexity index is 1080. The van der Waals surface area contributed by atoms with Crippen LogP contribution in [0.4, 0.5) is 0 Å². The highest BCUT2D eigenvalue weighted by Crippen LogP contribution is 2.37. The Kier molecular flexibility index (Phi) is 4.13. The zero-order valence-electron chi connectivity index (χ0n) is 16.0. The number of rotatable bonds is 3. The van der Waals surface area contributed by atoms with Crippen LogP contribution in [0.25, 0.3) is 16.6 Å². The summed E-state index contributed by atoms with van der Waals surface area (Å²) in [6.45, 7) is 1.88. The first-order chi connectivity index (χ1) is 14.0. The molecule has 2 fully saturated rings. The van der Waals surface area contributed by atoms with Crippen molar-refractivity contribution in [1.29, 1.82) is 0 Å². The highest BCUT2D eigenvalue weighted by molar-refractivity contribution is 5.95. The molecule has 1 saturated carbocycles. The predicted octanol–water partition coefficient (Wildman–Crippen LogP) is 1.83. The van der Waals surface area contributed by atoms with E-state index in [2.05, 4.69) is 5.10 Å². The Labute approximate surface area is 168 Å². The van der Waals surface area contributed by atoms with E-state index in [4.69, 9.17) is 0 Å². The van der Waals surface area contributed by atoms with Gasteiger partial charge in [-0.15, -0.1) is 0 Å². The van der Waals surface area contributed by atoms with Crippen molar-refractivity contribution in [3.8, 4) is 5.69 Å². The number of hydrogen-bond acceptors (Lipinski definition) is 4. The second-order valence-corrected chi connectivity index (χ2v) is 7.78. The van der Waals surface area contributed by atoms with Gasteiger partial charge < -0.3 is 14.9 Å². The second-order valence-electron chi connectivity index (χ2n) is 7.78. The fourth-order valence-corrected chi connectivity index (χ4v) is 3.84. The van der Waals surface area contributed by atoms with Crippen LogP contribution < -0.4 is 0 Å². The topological polar surface area (TPSA) is 78.7 Å². The standard InChI is InChI=1S/C22H22N4O3/c27-20(24-11-13-25(14-12-24)21(28)22(29)9-10-22)16-5-7-18(8-6-16)26-19-4-2-1-3-17(19)15-23-26/h1-8,15,29H,9-14H2. The molecule has 0 bridgehead atoms. The molecule has 2 aromatic carbocycles. The number of aromatic nitrogens is 2. The van der Waals surface area contributed by atoms with Crippen LogP contribution in [0.2, 0.25) is 0 Å². The minimum atomic E-state index is -1.14. The summed E-state index contributed by atoms with van der Waals surface area (Å²) in [4.78, 5) is 28.5. The minimum Gasteiger partial charge on any atom is -0.380 e. The van der Waals surface area contributed by atoms with Gasteiger partial charge in [-0.2, -0.15) is 5.10 Å². The summed E-state index contributed by atoms with van der Waals surface area (Å²) in [5.74, 6) is -0.237. The number of aliphatic hydroxyl groups is 1. The van der Waals surface area contributed by atoms with Crippen LogP contribution in [-0.2, 0) is 4.79 Å². The van der Waals surface area contributed by atoms with Crippen LogP contribution in [0.1, 0.15) is 23.2 Å². The van der Waals surface area contributed by atoms with E-state index in [1.165, 1.54) is 0 Å². The smallest absolute Gasteiger partial charge is 0.254 e. The van der Waals surface area contributed by atoms with Crippen molar-refractivity contribution in [3.05, 3.63) is 60.3 Å². The van der Waals surface area contributed by atoms with Crippen molar-refractivity contribution in [2.75, 3.05) is 26.2 Å². The van der Waals surface area contributed by atoms with E-state index in [1.54, 1.807) is 9.80 Å².